The first-order chi connectivity index (χ1) is 16.3. The van der Waals surface area contributed by atoms with E-state index in [9.17, 15) is 14.4 Å². The number of hydrogen-bond donors (Lipinski definition) is 3. The van der Waals surface area contributed by atoms with E-state index >= 15 is 0 Å². The summed E-state index contributed by atoms with van der Waals surface area (Å²) in [5, 5.41) is 14.9. The van der Waals surface area contributed by atoms with Gasteiger partial charge in [0.15, 0.2) is 0 Å². The van der Waals surface area contributed by atoms with E-state index in [0.29, 0.717) is 12.8 Å². The highest BCUT2D eigenvalue weighted by molar-refractivity contribution is 5.82. The molecular formula is C27H32N2O5. The van der Waals surface area contributed by atoms with Crippen LogP contribution >= 0.6 is 0 Å². The summed E-state index contributed by atoms with van der Waals surface area (Å²) in [5.41, 5.74) is 4.63. The SMILES string of the molecule is CC(C)C(CC(=O)O)NC(=O)[C@H]1CCC[C@H]1NC(=O)OCC1c2ccccc2-c2ccccc21. The van der Waals surface area contributed by atoms with Crippen molar-refractivity contribution in [2.45, 2.75) is 57.5 Å². The Bertz CT molecular complexity index is 1020. The van der Waals surface area contributed by atoms with Gasteiger partial charge in [0.25, 0.3) is 0 Å². The van der Waals surface area contributed by atoms with Crippen LogP contribution in [0, 0.1) is 11.8 Å². The minimum Gasteiger partial charge on any atom is -0.481 e. The van der Waals surface area contributed by atoms with Crippen LogP contribution in [-0.2, 0) is 14.3 Å². The first-order valence-electron chi connectivity index (χ1n) is 12.0. The van der Waals surface area contributed by atoms with E-state index in [2.05, 4.69) is 34.9 Å². The molecule has 2 aliphatic carbocycles. The summed E-state index contributed by atoms with van der Waals surface area (Å²) in [6.07, 6.45) is 1.50. The van der Waals surface area contributed by atoms with Crippen molar-refractivity contribution in [2.75, 3.05) is 6.61 Å². The van der Waals surface area contributed by atoms with Gasteiger partial charge in [0, 0.05) is 18.0 Å². The minimum absolute atomic E-state index is 0.00463. The molecule has 4 rings (SSSR count). The summed E-state index contributed by atoms with van der Waals surface area (Å²) in [4.78, 5) is 36.7. The Balaban J connectivity index is 1.36. The zero-order chi connectivity index (χ0) is 24.2. The lowest BCUT2D eigenvalue weighted by Crippen LogP contribution is -2.48. The minimum atomic E-state index is -0.946. The number of carbonyl (C=O) groups is 3. The fraction of sp³-hybridized carbons (Fsp3) is 0.444. The summed E-state index contributed by atoms with van der Waals surface area (Å²) in [6.45, 7) is 3.99. The van der Waals surface area contributed by atoms with Crippen molar-refractivity contribution in [1.29, 1.82) is 0 Å². The van der Waals surface area contributed by atoms with E-state index in [1.807, 2.05) is 38.1 Å². The number of hydrogen-bond acceptors (Lipinski definition) is 4. The normalized spacial score (nSPS) is 19.9. The van der Waals surface area contributed by atoms with Gasteiger partial charge in [-0.15, -0.1) is 0 Å². The lowest BCUT2D eigenvalue weighted by atomic mass is 9.97. The fourth-order valence-electron chi connectivity index (χ4n) is 5.17. The second kappa shape index (κ2) is 10.3. The van der Waals surface area contributed by atoms with Gasteiger partial charge in [-0.1, -0.05) is 68.8 Å². The van der Waals surface area contributed by atoms with Crippen molar-refractivity contribution in [1.82, 2.24) is 10.6 Å². The van der Waals surface area contributed by atoms with Gasteiger partial charge in [0.2, 0.25) is 5.91 Å². The Kier molecular flexibility index (Phi) is 7.20. The number of rotatable bonds is 8. The van der Waals surface area contributed by atoms with Gasteiger partial charge in [-0.05, 0) is 41.0 Å². The van der Waals surface area contributed by atoms with Gasteiger partial charge >= 0.3 is 12.1 Å². The number of aliphatic carboxylic acids is 1. The van der Waals surface area contributed by atoms with Crippen LogP contribution < -0.4 is 10.6 Å². The first kappa shape index (κ1) is 23.8. The first-order valence-corrected chi connectivity index (χ1v) is 12.0. The molecule has 0 radical (unpaired) electrons. The zero-order valence-corrected chi connectivity index (χ0v) is 19.6. The summed E-state index contributed by atoms with van der Waals surface area (Å²) < 4.78 is 5.64. The van der Waals surface area contributed by atoms with Crippen molar-refractivity contribution < 1.29 is 24.2 Å². The van der Waals surface area contributed by atoms with Crippen LogP contribution in [0.2, 0.25) is 0 Å². The number of carboxylic acids is 1. The molecule has 7 nitrogen and oxygen atoms in total. The molecule has 0 bridgehead atoms. The van der Waals surface area contributed by atoms with E-state index in [-0.39, 0.29) is 36.8 Å². The molecule has 2 aromatic carbocycles. The van der Waals surface area contributed by atoms with Crippen LogP contribution in [0.1, 0.15) is 56.6 Å². The quantitative estimate of drug-likeness (QED) is 0.540. The average molecular weight is 465 g/mol. The van der Waals surface area contributed by atoms with Crippen LogP contribution in [0.3, 0.4) is 0 Å². The molecule has 1 saturated carbocycles. The fourth-order valence-corrected chi connectivity index (χ4v) is 5.17. The highest BCUT2D eigenvalue weighted by Gasteiger charge is 2.36. The average Bonchev–Trinajstić information content (AvgIpc) is 3.39. The number of amides is 2. The Labute approximate surface area is 199 Å². The molecule has 3 atom stereocenters. The van der Waals surface area contributed by atoms with Crippen molar-refractivity contribution in [3.05, 3.63) is 59.7 Å². The van der Waals surface area contributed by atoms with Crippen LogP contribution in [0.5, 0.6) is 0 Å². The summed E-state index contributed by atoms with van der Waals surface area (Å²) in [6, 6.07) is 15.6. The predicted molar refractivity (Wildman–Crippen MR) is 128 cm³/mol. The second-order valence-corrected chi connectivity index (χ2v) is 9.57. The predicted octanol–water partition coefficient (Wildman–Crippen LogP) is 4.31. The molecule has 0 heterocycles. The molecule has 0 aromatic heterocycles. The van der Waals surface area contributed by atoms with Gasteiger partial charge in [0.1, 0.15) is 6.61 Å². The number of benzene rings is 2. The standard InChI is InChI=1S/C27H32N2O5/c1-16(2)24(14-25(30)31)28-26(32)21-12-7-13-23(21)29-27(33)34-15-22-19-10-5-3-8-17(19)18-9-4-6-11-20(18)22/h3-6,8-11,16,21-24H,7,12-15H2,1-2H3,(H,28,32)(H,29,33)(H,30,31)/t21-,23+,24?/m0/s1. The van der Waals surface area contributed by atoms with Gasteiger partial charge in [0.05, 0.1) is 12.3 Å². The third kappa shape index (κ3) is 5.08. The molecule has 0 aliphatic heterocycles. The Morgan fingerprint density at radius 3 is 2.21 bits per heavy atom. The third-order valence-electron chi connectivity index (χ3n) is 7.03. The monoisotopic (exact) mass is 464 g/mol. The van der Waals surface area contributed by atoms with Crippen LogP contribution in [0.4, 0.5) is 4.79 Å². The summed E-state index contributed by atoms with van der Waals surface area (Å²) >= 11 is 0. The number of fused-ring (bicyclic) bond motifs is 3. The van der Waals surface area contributed by atoms with Crippen molar-refractivity contribution in [2.24, 2.45) is 11.8 Å². The summed E-state index contributed by atoms with van der Waals surface area (Å²) in [5.74, 6) is -1.57. The number of alkyl carbamates (subject to hydrolysis) is 1. The van der Waals surface area contributed by atoms with E-state index in [1.54, 1.807) is 0 Å². The van der Waals surface area contributed by atoms with Gasteiger partial charge in [-0.2, -0.15) is 0 Å². The maximum atomic E-state index is 12.9. The smallest absolute Gasteiger partial charge is 0.407 e. The molecule has 2 aromatic rings. The Morgan fingerprint density at radius 2 is 1.62 bits per heavy atom. The lowest BCUT2D eigenvalue weighted by molar-refractivity contribution is -0.138. The lowest BCUT2D eigenvalue weighted by Gasteiger charge is -2.25. The van der Waals surface area contributed by atoms with E-state index < -0.39 is 24.0 Å². The molecule has 7 heteroatoms. The maximum Gasteiger partial charge on any atom is 0.407 e. The van der Waals surface area contributed by atoms with E-state index in [0.717, 1.165) is 17.5 Å². The topological polar surface area (TPSA) is 105 Å². The van der Waals surface area contributed by atoms with Crippen LogP contribution in [0.15, 0.2) is 48.5 Å². The maximum absolute atomic E-state index is 12.9. The molecule has 0 spiro atoms. The molecule has 34 heavy (non-hydrogen) atoms. The van der Waals surface area contributed by atoms with Crippen LogP contribution in [-0.4, -0.2) is 41.8 Å². The zero-order valence-electron chi connectivity index (χ0n) is 19.6. The molecular weight excluding hydrogens is 432 g/mol. The largest absolute Gasteiger partial charge is 0.481 e. The van der Waals surface area contributed by atoms with Crippen LogP contribution in [0.25, 0.3) is 11.1 Å². The second-order valence-electron chi connectivity index (χ2n) is 9.57. The van der Waals surface area contributed by atoms with E-state index in [1.165, 1.54) is 11.1 Å². The molecule has 1 fully saturated rings. The third-order valence-corrected chi connectivity index (χ3v) is 7.03. The Morgan fingerprint density at radius 1 is 1.00 bits per heavy atom. The number of carboxylic acid groups (broad SMARTS) is 1. The highest BCUT2D eigenvalue weighted by atomic mass is 16.5. The van der Waals surface area contributed by atoms with Crippen molar-refractivity contribution in [3.63, 3.8) is 0 Å². The number of nitrogens with one attached hydrogen (secondary N) is 2. The van der Waals surface area contributed by atoms with Gasteiger partial charge in [-0.3, -0.25) is 9.59 Å². The number of ether oxygens (including phenoxy) is 1. The summed E-state index contributed by atoms with van der Waals surface area (Å²) in [7, 11) is 0. The van der Waals surface area contributed by atoms with Gasteiger partial charge in [-0.25, -0.2) is 4.79 Å². The van der Waals surface area contributed by atoms with Crippen molar-refractivity contribution in [3.8, 4) is 11.1 Å². The molecule has 2 aliphatic rings. The molecule has 1 unspecified atom stereocenters. The van der Waals surface area contributed by atoms with Crippen molar-refractivity contribution >= 4 is 18.0 Å². The molecule has 3 N–H and O–H groups in total. The Hall–Kier alpha value is -3.35. The molecule has 0 saturated heterocycles. The van der Waals surface area contributed by atoms with Gasteiger partial charge < -0.3 is 20.5 Å². The molecule has 2 amide bonds. The van der Waals surface area contributed by atoms with E-state index in [4.69, 9.17) is 9.84 Å². The highest BCUT2D eigenvalue weighted by Crippen LogP contribution is 2.44. The molecule has 180 valence electrons. The number of carbonyl (C=O) groups excluding carboxylic acids is 2.